The smallest absolute Gasteiger partial charge is 0.123 e. The lowest BCUT2D eigenvalue weighted by molar-refractivity contribution is 0.173. The topological polar surface area (TPSA) is 20.2 Å². The van der Waals surface area contributed by atoms with Gasteiger partial charge in [-0.25, -0.2) is 4.39 Å². The van der Waals surface area contributed by atoms with E-state index in [9.17, 15) is 9.50 Å². The van der Waals surface area contributed by atoms with Crippen LogP contribution in [-0.4, -0.2) is 5.11 Å². The Balaban J connectivity index is 1.41. The molecule has 0 saturated heterocycles. The Morgan fingerprint density at radius 2 is 1.63 bits per heavy atom. The van der Waals surface area contributed by atoms with E-state index in [1.807, 2.05) is 12.1 Å². The standard InChI is InChI=1S/C36H33FO/c37-29-16-13-25(14-17-29)33-21-28(24-9-4-5-10-24)20-27-15-18-31-30-12-6-11-26(19-23-7-2-1-3-8-23)32(30)22-34(38)36(31)35(27)33/h1-3,6-8,12-18,20-21,24,26,34,38H,4-5,9-11,19,22H2. The molecule has 190 valence electrons. The van der Waals surface area contributed by atoms with Crippen LogP contribution in [0.3, 0.4) is 0 Å². The highest BCUT2D eigenvalue weighted by molar-refractivity contribution is 6.03. The van der Waals surface area contributed by atoms with Gasteiger partial charge in [0.25, 0.3) is 0 Å². The first-order valence-electron chi connectivity index (χ1n) is 14.1. The van der Waals surface area contributed by atoms with Crippen LogP contribution in [0.4, 0.5) is 4.39 Å². The Bertz CT molecular complexity index is 1560. The molecular weight excluding hydrogens is 467 g/mol. The van der Waals surface area contributed by atoms with Crippen molar-refractivity contribution in [2.45, 2.75) is 57.0 Å². The first-order chi connectivity index (χ1) is 18.7. The first-order valence-corrected chi connectivity index (χ1v) is 14.1. The monoisotopic (exact) mass is 500 g/mol. The fourth-order valence-corrected chi connectivity index (χ4v) is 7.22. The molecule has 3 aliphatic rings. The van der Waals surface area contributed by atoms with Gasteiger partial charge in [-0.2, -0.15) is 0 Å². The molecule has 1 N–H and O–H groups in total. The largest absolute Gasteiger partial charge is 0.388 e. The second kappa shape index (κ2) is 9.67. The molecule has 0 amide bonds. The summed E-state index contributed by atoms with van der Waals surface area (Å²) >= 11 is 0. The number of hydrogen-bond acceptors (Lipinski definition) is 1. The summed E-state index contributed by atoms with van der Waals surface area (Å²) < 4.78 is 13.9. The van der Waals surface area contributed by atoms with Crippen LogP contribution in [0.25, 0.3) is 27.5 Å². The summed E-state index contributed by atoms with van der Waals surface area (Å²) in [4.78, 5) is 0. The van der Waals surface area contributed by atoms with Crippen LogP contribution in [0.2, 0.25) is 0 Å². The Hall–Kier alpha value is -3.49. The number of rotatable bonds is 4. The number of hydrogen-bond donors (Lipinski definition) is 1. The maximum absolute atomic E-state index is 13.9. The zero-order chi connectivity index (χ0) is 25.6. The van der Waals surface area contributed by atoms with Gasteiger partial charge in [-0.3, -0.25) is 0 Å². The molecule has 3 aliphatic carbocycles. The number of aliphatic hydroxyl groups is 1. The van der Waals surface area contributed by atoms with E-state index in [1.54, 1.807) is 12.1 Å². The summed E-state index contributed by atoms with van der Waals surface area (Å²) in [5, 5.41) is 14.1. The van der Waals surface area contributed by atoms with Crippen LogP contribution >= 0.6 is 0 Å². The molecule has 0 bridgehead atoms. The molecule has 1 fully saturated rings. The molecule has 2 atom stereocenters. The van der Waals surface area contributed by atoms with Gasteiger partial charge in [0.2, 0.25) is 0 Å². The molecule has 2 unspecified atom stereocenters. The SMILES string of the molecule is OC1CC2=C(C=CCC2Cc2ccccc2)c2ccc3cc(C4CCCC4)cc(-c4ccc(F)cc4)c3c21. The molecule has 0 aliphatic heterocycles. The minimum atomic E-state index is -0.561. The van der Waals surface area contributed by atoms with E-state index in [1.165, 1.54) is 53.3 Å². The molecule has 4 aromatic carbocycles. The predicted molar refractivity (Wildman–Crippen MR) is 154 cm³/mol. The minimum Gasteiger partial charge on any atom is -0.388 e. The third-order valence-corrected chi connectivity index (χ3v) is 9.07. The van der Waals surface area contributed by atoms with Crippen molar-refractivity contribution in [3.63, 3.8) is 0 Å². The normalized spacial score (nSPS) is 21.1. The van der Waals surface area contributed by atoms with E-state index in [0.717, 1.165) is 40.5 Å². The summed E-state index contributed by atoms with van der Waals surface area (Å²) in [5.74, 6) is 0.754. The van der Waals surface area contributed by atoms with Gasteiger partial charge in [-0.15, -0.1) is 0 Å². The quantitative estimate of drug-likeness (QED) is 0.296. The van der Waals surface area contributed by atoms with Gasteiger partial charge in [0, 0.05) is 0 Å². The van der Waals surface area contributed by atoms with Crippen molar-refractivity contribution in [1.29, 1.82) is 0 Å². The average Bonchev–Trinajstić information content (AvgIpc) is 3.49. The van der Waals surface area contributed by atoms with Crippen LogP contribution in [0.1, 0.15) is 72.8 Å². The molecule has 0 radical (unpaired) electrons. The zero-order valence-corrected chi connectivity index (χ0v) is 21.7. The van der Waals surface area contributed by atoms with Gasteiger partial charge in [0.05, 0.1) is 6.10 Å². The Morgan fingerprint density at radius 1 is 0.842 bits per heavy atom. The van der Waals surface area contributed by atoms with E-state index < -0.39 is 6.10 Å². The van der Waals surface area contributed by atoms with Gasteiger partial charge >= 0.3 is 0 Å². The van der Waals surface area contributed by atoms with Crippen molar-refractivity contribution < 1.29 is 9.50 Å². The van der Waals surface area contributed by atoms with E-state index in [2.05, 4.69) is 66.7 Å². The lowest BCUT2D eigenvalue weighted by Gasteiger charge is -2.34. The maximum Gasteiger partial charge on any atom is 0.123 e. The molecule has 2 heteroatoms. The molecule has 0 aromatic heterocycles. The van der Waals surface area contributed by atoms with Crippen LogP contribution in [0, 0.1) is 11.7 Å². The van der Waals surface area contributed by atoms with E-state index >= 15 is 0 Å². The molecule has 1 nitrogen and oxygen atoms in total. The molecule has 0 spiro atoms. The lowest BCUT2D eigenvalue weighted by atomic mass is 9.72. The van der Waals surface area contributed by atoms with Crippen LogP contribution < -0.4 is 0 Å². The Kier molecular flexibility index (Phi) is 6.01. The molecule has 4 aromatic rings. The van der Waals surface area contributed by atoms with E-state index in [-0.39, 0.29) is 5.82 Å². The van der Waals surface area contributed by atoms with Gasteiger partial charge in [-0.05, 0) is 106 Å². The molecule has 7 rings (SSSR count). The number of fused-ring (bicyclic) bond motifs is 4. The van der Waals surface area contributed by atoms with E-state index in [4.69, 9.17) is 0 Å². The van der Waals surface area contributed by atoms with Gasteiger partial charge in [-0.1, -0.05) is 97.3 Å². The third-order valence-electron chi connectivity index (χ3n) is 9.07. The fraction of sp³-hybridized carbons (Fsp3) is 0.278. The summed E-state index contributed by atoms with van der Waals surface area (Å²) in [7, 11) is 0. The van der Waals surface area contributed by atoms with Gasteiger partial charge in [0.15, 0.2) is 0 Å². The van der Waals surface area contributed by atoms with Crippen LogP contribution in [0.5, 0.6) is 0 Å². The van der Waals surface area contributed by atoms with Crippen LogP contribution in [-0.2, 0) is 6.42 Å². The van der Waals surface area contributed by atoms with Gasteiger partial charge < -0.3 is 5.11 Å². The molecular formula is C36H33FO. The second-order valence-corrected chi connectivity index (χ2v) is 11.4. The number of halogens is 1. The minimum absolute atomic E-state index is 0.223. The Labute approximate surface area is 224 Å². The third kappa shape index (κ3) is 4.12. The zero-order valence-electron chi connectivity index (χ0n) is 21.7. The average molecular weight is 501 g/mol. The van der Waals surface area contributed by atoms with Crippen molar-refractivity contribution in [3.8, 4) is 11.1 Å². The summed E-state index contributed by atoms with van der Waals surface area (Å²) in [6.07, 6.45) is 11.7. The van der Waals surface area contributed by atoms with Crippen molar-refractivity contribution in [2.75, 3.05) is 0 Å². The lowest BCUT2D eigenvalue weighted by Crippen LogP contribution is -2.20. The first kappa shape index (κ1) is 23.6. The summed E-state index contributed by atoms with van der Waals surface area (Å²) in [6.45, 7) is 0. The van der Waals surface area contributed by atoms with Crippen molar-refractivity contribution in [1.82, 2.24) is 0 Å². The summed E-state index contributed by atoms with van der Waals surface area (Å²) in [5.41, 5.74) is 9.69. The van der Waals surface area contributed by atoms with Crippen LogP contribution in [0.15, 0.2) is 96.6 Å². The fourth-order valence-electron chi connectivity index (χ4n) is 7.22. The number of aliphatic hydroxyl groups excluding tert-OH is 1. The van der Waals surface area contributed by atoms with Crippen molar-refractivity contribution >= 4 is 16.3 Å². The predicted octanol–water partition coefficient (Wildman–Crippen LogP) is 9.31. The summed E-state index contributed by atoms with van der Waals surface area (Å²) in [6, 6.07) is 26.7. The van der Waals surface area contributed by atoms with Crippen molar-refractivity contribution in [2.24, 2.45) is 5.92 Å². The second-order valence-electron chi connectivity index (χ2n) is 11.4. The maximum atomic E-state index is 13.9. The molecule has 38 heavy (non-hydrogen) atoms. The highest BCUT2D eigenvalue weighted by Gasteiger charge is 2.32. The van der Waals surface area contributed by atoms with Gasteiger partial charge in [0.1, 0.15) is 5.82 Å². The highest BCUT2D eigenvalue weighted by Crippen LogP contribution is 2.49. The molecule has 1 saturated carbocycles. The number of allylic oxidation sites excluding steroid dienone is 3. The number of benzene rings is 4. The van der Waals surface area contributed by atoms with E-state index in [0.29, 0.717) is 18.3 Å². The Morgan fingerprint density at radius 3 is 2.42 bits per heavy atom. The molecule has 0 heterocycles. The highest BCUT2D eigenvalue weighted by atomic mass is 19.1. The van der Waals surface area contributed by atoms with Crippen molar-refractivity contribution in [3.05, 3.63) is 125 Å².